The van der Waals surface area contributed by atoms with Crippen LogP contribution in [0.5, 0.6) is 5.75 Å². The summed E-state index contributed by atoms with van der Waals surface area (Å²) in [5, 5.41) is 2.95. The molecule has 0 saturated heterocycles. The zero-order valence-corrected chi connectivity index (χ0v) is 13.8. The number of rotatable bonds is 7. The van der Waals surface area contributed by atoms with Gasteiger partial charge in [0.25, 0.3) is 5.91 Å². The average molecular weight is 328 g/mol. The molecule has 0 unspecified atom stereocenters. The fourth-order valence-electron chi connectivity index (χ4n) is 1.76. The van der Waals surface area contributed by atoms with Gasteiger partial charge in [0, 0.05) is 18.8 Å². The lowest BCUT2D eigenvalue weighted by Gasteiger charge is -2.19. The topological polar surface area (TPSA) is 84.7 Å². The number of nitrogens with two attached hydrogens (primary N) is 1. The zero-order chi connectivity index (χ0) is 16.7. The number of benzene rings is 1. The van der Waals surface area contributed by atoms with E-state index in [1.54, 1.807) is 30.0 Å². The Balaban J connectivity index is 2.66. The molecule has 1 aromatic carbocycles. The van der Waals surface area contributed by atoms with Gasteiger partial charge in [-0.1, -0.05) is 11.6 Å². The van der Waals surface area contributed by atoms with Crippen molar-refractivity contribution < 1.29 is 14.3 Å². The van der Waals surface area contributed by atoms with Crippen molar-refractivity contribution in [2.75, 3.05) is 25.0 Å². The van der Waals surface area contributed by atoms with Crippen LogP contribution < -0.4 is 15.8 Å². The van der Waals surface area contributed by atoms with E-state index in [2.05, 4.69) is 5.32 Å². The summed E-state index contributed by atoms with van der Waals surface area (Å²) in [7, 11) is 0. The van der Waals surface area contributed by atoms with Crippen molar-refractivity contribution in [1.82, 2.24) is 4.90 Å². The SMILES string of the molecule is CCN(CC)C(=O)COc1ccc(NC(=O)[C@@H](C)N)cc1Cl. The van der Waals surface area contributed by atoms with Crippen molar-refractivity contribution >= 4 is 29.1 Å². The number of carbonyl (C=O) groups excluding carboxylic acids is 2. The van der Waals surface area contributed by atoms with E-state index >= 15 is 0 Å². The number of carbonyl (C=O) groups is 2. The molecule has 6 nitrogen and oxygen atoms in total. The molecule has 7 heteroatoms. The number of hydrogen-bond acceptors (Lipinski definition) is 4. The third-order valence-corrected chi connectivity index (χ3v) is 3.38. The fourth-order valence-corrected chi connectivity index (χ4v) is 1.99. The summed E-state index contributed by atoms with van der Waals surface area (Å²) >= 11 is 6.09. The molecular formula is C15H22ClN3O3. The molecule has 2 amide bonds. The van der Waals surface area contributed by atoms with Gasteiger partial charge in [-0.2, -0.15) is 0 Å². The van der Waals surface area contributed by atoms with Gasteiger partial charge in [-0.3, -0.25) is 9.59 Å². The van der Waals surface area contributed by atoms with Crippen molar-refractivity contribution in [3.05, 3.63) is 23.2 Å². The van der Waals surface area contributed by atoms with E-state index in [0.29, 0.717) is 29.5 Å². The van der Waals surface area contributed by atoms with Gasteiger partial charge in [0.05, 0.1) is 11.1 Å². The molecular weight excluding hydrogens is 306 g/mol. The Kier molecular flexibility index (Phi) is 7.14. The predicted molar refractivity (Wildman–Crippen MR) is 87.2 cm³/mol. The number of ether oxygens (including phenoxy) is 1. The van der Waals surface area contributed by atoms with Gasteiger partial charge in [0.1, 0.15) is 5.75 Å². The van der Waals surface area contributed by atoms with Gasteiger partial charge in [0.2, 0.25) is 5.91 Å². The number of nitrogens with zero attached hydrogens (tertiary/aromatic N) is 1. The lowest BCUT2D eigenvalue weighted by Crippen LogP contribution is -2.34. The van der Waals surface area contributed by atoms with Crippen LogP contribution >= 0.6 is 11.6 Å². The Morgan fingerprint density at radius 1 is 1.36 bits per heavy atom. The summed E-state index contributed by atoms with van der Waals surface area (Å²) in [4.78, 5) is 25.0. The van der Waals surface area contributed by atoms with E-state index in [1.165, 1.54) is 0 Å². The summed E-state index contributed by atoms with van der Waals surface area (Å²) < 4.78 is 5.43. The molecule has 1 aromatic rings. The summed E-state index contributed by atoms with van der Waals surface area (Å²) in [6.45, 7) is 6.60. The largest absolute Gasteiger partial charge is 0.482 e. The molecule has 0 spiro atoms. The van der Waals surface area contributed by atoms with Crippen LogP contribution in [0, 0.1) is 0 Å². The first kappa shape index (κ1) is 18.3. The molecule has 0 radical (unpaired) electrons. The standard InChI is InChI=1S/C15H22ClN3O3/c1-4-19(5-2)14(20)9-22-13-7-6-11(8-12(13)16)18-15(21)10(3)17/h6-8,10H,4-5,9,17H2,1-3H3,(H,18,21)/t10-/m1/s1. The maximum absolute atomic E-state index is 11.9. The second-order valence-electron chi connectivity index (χ2n) is 4.78. The molecule has 0 fully saturated rings. The molecule has 0 aliphatic carbocycles. The minimum absolute atomic E-state index is 0.0764. The molecule has 1 rings (SSSR count). The first-order chi connectivity index (χ1) is 10.4. The lowest BCUT2D eigenvalue weighted by molar-refractivity contribution is -0.133. The highest BCUT2D eigenvalue weighted by Gasteiger charge is 2.13. The monoisotopic (exact) mass is 327 g/mol. The fraction of sp³-hybridized carbons (Fsp3) is 0.467. The minimum atomic E-state index is -0.610. The van der Waals surface area contributed by atoms with Crippen molar-refractivity contribution in [1.29, 1.82) is 0 Å². The summed E-state index contributed by atoms with van der Waals surface area (Å²) in [6, 6.07) is 4.19. The van der Waals surface area contributed by atoms with Crippen molar-refractivity contribution in [3.63, 3.8) is 0 Å². The highest BCUT2D eigenvalue weighted by atomic mass is 35.5. The Bertz CT molecular complexity index is 531. The summed E-state index contributed by atoms with van der Waals surface area (Å²) in [6.07, 6.45) is 0. The normalized spacial score (nSPS) is 11.7. The molecule has 3 N–H and O–H groups in total. The van der Waals surface area contributed by atoms with Crippen LogP contribution in [0.2, 0.25) is 5.02 Å². The van der Waals surface area contributed by atoms with Crippen LogP contribution in [0.25, 0.3) is 0 Å². The van der Waals surface area contributed by atoms with E-state index in [-0.39, 0.29) is 18.4 Å². The first-order valence-electron chi connectivity index (χ1n) is 7.15. The Hall–Kier alpha value is -1.79. The number of hydrogen-bond donors (Lipinski definition) is 2. The quantitative estimate of drug-likeness (QED) is 0.800. The van der Waals surface area contributed by atoms with Crippen LogP contribution in [-0.4, -0.2) is 42.5 Å². The van der Waals surface area contributed by atoms with Crippen molar-refractivity contribution in [2.24, 2.45) is 5.73 Å². The number of halogens is 1. The number of amides is 2. The lowest BCUT2D eigenvalue weighted by atomic mass is 10.2. The highest BCUT2D eigenvalue weighted by Crippen LogP contribution is 2.27. The Morgan fingerprint density at radius 3 is 2.50 bits per heavy atom. The molecule has 22 heavy (non-hydrogen) atoms. The van der Waals surface area contributed by atoms with Crippen molar-refractivity contribution in [3.8, 4) is 5.75 Å². The second-order valence-corrected chi connectivity index (χ2v) is 5.19. The molecule has 0 aromatic heterocycles. The van der Waals surface area contributed by atoms with Gasteiger partial charge in [-0.05, 0) is 39.0 Å². The van der Waals surface area contributed by atoms with Gasteiger partial charge in [0.15, 0.2) is 6.61 Å². The molecule has 0 saturated carbocycles. The maximum Gasteiger partial charge on any atom is 0.260 e. The maximum atomic E-state index is 11.9. The predicted octanol–water partition coefficient (Wildman–Crippen LogP) is 1.87. The van der Waals surface area contributed by atoms with E-state index in [1.807, 2.05) is 13.8 Å². The van der Waals surface area contributed by atoms with Gasteiger partial charge >= 0.3 is 0 Å². The number of nitrogens with one attached hydrogen (secondary N) is 1. The van der Waals surface area contributed by atoms with E-state index in [9.17, 15) is 9.59 Å². The minimum Gasteiger partial charge on any atom is -0.482 e. The first-order valence-corrected chi connectivity index (χ1v) is 7.53. The average Bonchev–Trinajstić information content (AvgIpc) is 2.47. The second kappa shape index (κ2) is 8.60. The molecule has 122 valence electrons. The van der Waals surface area contributed by atoms with E-state index < -0.39 is 6.04 Å². The summed E-state index contributed by atoms with van der Waals surface area (Å²) in [5.74, 6) is -0.0159. The molecule has 0 bridgehead atoms. The molecule has 0 aliphatic heterocycles. The van der Waals surface area contributed by atoms with Crippen LogP contribution in [0.15, 0.2) is 18.2 Å². The van der Waals surface area contributed by atoms with Crippen LogP contribution in [0.3, 0.4) is 0 Å². The van der Waals surface area contributed by atoms with Crippen LogP contribution in [-0.2, 0) is 9.59 Å². The van der Waals surface area contributed by atoms with Gasteiger partial charge in [-0.15, -0.1) is 0 Å². The van der Waals surface area contributed by atoms with Crippen LogP contribution in [0.1, 0.15) is 20.8 Å². The molecule has 0 heterocycles. The summed E-state index contributed by atoms with van der Waals surface area (Å²) in [5.41, 5.74) is 6.00. The third kappa shape index (κ3) is 5.20. The van der Waals surface area contributed by atoms with Crippen molar-refractivity contribution in [2.45, 2.75) is 26.8 Å². The Labute approximate surface area is 135 Å². The van der Waals surface area contributed by atoms with Gasteiger partial charge < -0.3 is 20.7 Å². The van der Waals surface area contributed by atoms with Gasteiger partial charge in [-0.25, -0.2) is 0 Å². The number of anilines is 1. The highest BCUT2D eigenvalue weighted by molar-refractivity contribution is 6.32. The number of likely N-dealkylation sites (N-methyl/N-ethyl adjacent to an activating group) is 1. The smallest absolute Gasteiger partial charge is 0.260 e. The van der Waals surface area contributed by atoms with E-state index in [4.69, 9.17) is 22.1 Å². The van der Waals surface area contributed by atoms with E-state index in [0.717, 1.165) is 0 Å². The molecule has 0 aliphatic rings. The zero-order valence-electron chi connectivity index (χ0n) is 13.1. The Morgan fingerprint density at radius 2 is 2.00 bits per heavy atom. The third-order valence-electron chi connectivity index (χ3n) is 3.08. The van der Waals surface area contributed by atoms with Crippen LogP contribution in [0.4, 0.5) is 5.69 Å². The molecule has 1 atom stereocenters.